The summed E-state index contributed by atoms with van der Waals surface area (Å²) in [5, 5.41) is 12.9. The molecule has 0 saturated carbocycles. The molecule has 1 atom stereocenters. The molecule has 33 heavy (non-hydrogen) atoms. The van der Waals surface area contributed by atoms with E-state index in [1.54, 1.807) is 18.2 Å². The fourth-order valence-corrected chi connectivity index (χ4v) is 3.23. The summed E-state index contributed by atoms with van der Waals surface area (Å²) in [4.78, 5) is 12.2. The van der Waals surface area contributed by atoms with Gasteiger partial charge in [-0.25, -0.2) is 0 Å². The summed E-state index contributed by atoms with van der Waals surface area (Å²) in [5.41, 5.74) is 2.16. The molecule has 0 saturated heterocycles. The van der Waals surface area contributed by atoms with Crippen molar-refractivity contribution in [2.24, 2.45) is 0 Å². The third kappa shape index (κ3) is 7.15. The topological polar surface area (TPSA) is 86.3 Å². The second kappa shape index (κ2) is 12.4. The van der Waals surface area contributed by atoms with E-state index in [0.29, 0.717) is 29.4 Å². The number of nitrogens with one attached hydrogen (secondary N) is 1. The number of para-hydroxylation sites is 2. The number of hydrogen-bond acceptors (Lipinski definition) is 6. The molecule has 3 aromatic rings. The second-order valence-electron chi connectivity index (χ2n) is 7.32. The van der Waals surface area contributed by atoms with E-state index in [0.717, 1.165) is 11.1 Å². The molecule has 0 fully saturated rings. The largest absolute Gasteiger partial charge is 0.493 e. The summed E-state index contributed by atoms with van der Waals surface area (Å²) >= 11 is 0. The van der Waals surface area contributed by atoms with E-state index in [1.165, 1.54) is 14.2 Å². The highest BCUT2D eigenvalue weighted by Crippen LogP contribution is 2.36. The molecule has 174 valence electrons. The van der Waals surface area contributed by atoms with Crippen molar-refractivity contribution in [3.05, 3.63) is 83.9 Å². The van der Waals surface area contributed by atoms with Crippen LogP contribution in [0.15, 0.2) is 72.8 Å². The predicted molar refractivity (Wildman–Crippen MR) is 125 cm³/mol. The van der Waals surface area contributed by atoms with E-state index in [4.69, 9.17) is 18.9 Å². The Morgan fingerprint density at radius 2 is 1.48 bits per heavy atom. The lowest BCUT2D eigenvalue weighted by Gasteiger charge is -2.17. The van der Waals surface area contributed by atoms with Gasteiger partial charge in [0.2, 0.25) is 5.75 Å². The zero-order valence-corrected chi connectivity index (χ0v) is 18.8. The van der Waals surface area contributed by atoms with Gasteiger partial charge in [0.25, 0.3) is 5.91 Å². The number of ether oxygens (including phenoxy) is 4. The summed E-state index contributed by atoms with van der Waals surface area (Å²) in [6, 6.07) is 22.9. The van der Waals surface area contributed by atoms with Crippen molar-refractivity contribution in [2.75, 3.05) is 34.0 Å². The van der Waals surface area contributed by atoms with Crippen LogP contribution in [0.4, 0.5) is 0 Å². The van der Waals surface area contributed by atoms with Crippen LogP contribution < -0.4 is 24.3 Å². The SMILES string of the molecule is COc1cccc(OC)c1OCC(O)CNC(=O)COc1ccccc1Cc1ccccc1. The number of carbonyl (C=O) groups excluding carboxylic acids is 1. The molecule has 0 heterocycles. The van der Waals surface area contributed by atoms with Crippen LogP contribution >= 0.6 is 0 Å². The molecule has 2 N–H and O–H groups in total. The van der Waals surface area contributed by atoms with Crippen LogP contribution in [0, 0.1) is 0 Å². The summed E-state index contributed by atoms with van der Waals surface area (Å²) in [6.07, 6.45) is -0.213. The zero-order chi connectivity index (χ0) is 23.5. The molecule has 7 heteroatoms. The van der Waals surface area contributed by atoms with Crippen molar-refractivity contribution >= 4 is 5.91 Å². The van der Waals surface area contributed by atoms with Crippen molar-refractivity contribution in [3.63, 3.8) is 0 Å². The maximum atomic E-state index is 12.2. The maximum Gasteiger partial charge on any atom is 0.258 e. The molecule has 7 nitrogen and oxygen atoms in total. The maximum absolute atomic E-state index is 12.2. The highest BCUT2D eigenvalue weighted by Gasteiger charge is 2.15. The average Bonchev–Trinajstić information content (AvgIpc) is 2.86. The lowest BCUT2D eigenvalue weighted by atomic mass is 10.0. The Kier molecular flexibility index (Phi) is 8.97. The smallest absolute Gasteiger partial charge is 0.258 e. The molecule has 0 bridgehead atoms. The fourth-order valence-electron chi connectivity index (χ4n) is 3.23. The minimum atomic E-state index is -0.922. The van der Waals surface area contributed by atoms with Crippen molar-refractivity contribution in [1.29, 1.82) is 0 Å². The number of hydrogen-bond donors (Lipinski definition) is 2. The fraction of sp³-hybridized carbons (Fsp3) is 0.269. The Hall–Kier alpha value is -3.71. The molecule has 1 amide bonds. The van der Waals surface area contributed by atoms with Gasteiger partial charge in [-0.3, -0.25) is 4.79 Å². The van der Waals surface area contributed by atoms with Gasteiger partial charge >= 0.3 is 0 Å². The van der Waals surface area contributed by atoms with Crippen LogP contribution in [-0.2, 0) is 11.2 Å². The van der Waals surface area contributed by atoms with Gasteiger partial charge in [-0.05, 0) is 29.3 Å². The quantitative estimate of drug-likeness (QED) is 0.440. The first-order valence-electron chi connectivity index (χ1n) is 10.6. The molecule has 0 aromatic heterocycles. The molecule has 0 aliphatic carbocycles. The third-order valence-electron chi connectivity index (χ3n) is 4.91. The molecule has 0 radical (unpaired) electrons. The monoisotopic (exact) mass is 451 g/mol. The Morgan fingerprint density at radius 1 is 0.848 bits per heavy atom. The first kappa shape index (κ1) is 23.9. The van der Waals surface area contributed by atoms with Gasteiger partial charge < -0.3 is 29.4 Å². The molecule has 3 aromatic carbocycles. The number of methoxy groups -OCH3 is 2. The van der Waals surface area contributed by atoms with E-state index >= 15 is 0 Å². The molecular weight excluding hydrogens is 422 g/mol. The predicted octanol–water partition coefficient (Wildman–Crippen LogP) is 3.23. The first-order valence-corrected chi connectivity index (χ1v) is 10.6. The van der Waals surface area contributed by atoms with Crippen molar-refractivity contribution in [2.45, 2.75) is 12.5 Å². The number of aliphatic hydroxyl groups is 1. The van der Waals surface area contributed by atoms with E-state index in [-0.39, 0.29) is 25.7 Å². The summed E-state index contributed by atoms with van der Waals surface area (Å²) in [7, 11) is 3.05. The van der Waals surface area contributed by atoms with Crippen molar-refractivity contribution in [3.8, 4) is 23.0 Å². The zero-order valence-electron chi connectivity index (χ0n) is 18.8. The normalized spacial score (nSPS) is 11.4. The van der Waals surface area contributed by atoms with Crippen LogP contribution in [0.1, 0.15) is 11.1 Å². The Morgan fingerprint density at radius 3 is 2.18 bits per heavy atom. The summed E-state index contributed by atoms with van der Waals surface area (Å²) < 4.78 is 21.9. The Balaban J connectivity index is 1.46. The lowest BCUT2D eigenvalue weighted by molar-refractivity contribution is -0.123. The van der Waals surface area contributed by atoms with Crippen LogP contribution in [0.2, 0.25) is 0 Å². The van der Waals surface area contributed by atoms with Crippen molar-refractivity contribution in [1.82, 2.24) is 5.32 Å². The number of aliphatic hydroxyl groups excluding tert-OH is 1. The molecular formula is C26H29NO6. The van der Waals surface area contributed by atoms with E-state index in [9.17, 15) is 9.90 Å². The number of benzene rings is 3. The number of carbonyl (C=O) groups is 1. The van der Waals surface area contributed by atoms with Crippen LogP contribution in [0.25, 0.3) is 0 Å². The summed E-state index contributed by atoms with van der Waals surface area (Å²) in [6.45, 7) is -0.178. The molecule has 3 rings (SSSR count). The first-order chi connectivity index (χ1) is 16.1. The molecule has 1 unspecified atom stereocenters. The van der Waals surface area contributed by atoms with E-state index in [2.05, 4.69) is 5.32 Å². The van der Waals surface area contributed by atoms with Gasteiger partial charge in [-0.1, -0.05) is 54.6 Å². The molecule has 0 spiro atoms. The van der Waals surface area contributed by atoms with E-state index < -0.39 is 6.10 Å². The highest BCUT2D eigenvalue weighted by molar-refractivity contribution is 5.77. The van der Waals surface area contributed by atoms with Gasteiger partial charge in [0.15, 0.2) is 18.1 Å². The van der Waals surface area contributed by atoms with Crippen LogP contribution in [0.5, 0.6) is 23.0 Å². The van der Waals surface area contributed by atoms with Crippen molar-refractivity contribution < 1.29 is 28.8 Å². The van der Waals surface area contributed by atoms with Gasteiger partial charge in [0.05, 0.1) is 14.2 Å². The lowest BCUT2D eigenvalue weighted by Crippen LogP contribution is -2.37. The average molecular weight is 452 g/mol. The number of amides is 1. The summed E-state index contributed by atoms with van der Waals surface area (Å²) in [5.74, 6) is 1.70. The standard InChI is InChI=1S/C26H29NO6/c1-30-23-13-8-14-24(31-2)26(23)33-17-21(28)16-27-25(29)18-32-22-12-7-6-11-20(22)15-19-9-4-3-5-10-19/h3-14,21,28H,15-18H2,1-2H3,(H,27,29). The Labute approximate surface area is 193 Å². The van der Waals surface area contributed by atoms with Gasteiger partial charge in [0.1, 0.15) is 18.5 Å². The minimum absolute atomic E-state index is 0.0192. The van der Waals surface area contributed by atoms with Crippen LogP contribution in [0.3, 0.4) is 0 Å². The molecule has 0 aliphatic heterocycles. The number of rotatable bonds is 12. The van der Waals surface area contributed by atoms with Gasteiger partial charge in [-0.15, -0.1) is 0 Å². The molecule has 0 aliphatic rings. The Bertz CT molecular complexity index is 1000. The minimum Gasteiger partial charge on any atom is -0.493 e. The highest BCUT2D eigenvalue weighted by atomic mass is 16.5. The van der Waals surface area contributed by atoms with Gasteiger partial charge in [0, 0.05) is 13.0 Å². The van der Waals surface area contributed by atoms with E-state index in [1.807, 2.05) is 54.6 Å². The third-order valence-corrected chi connectivity index (χ3v) is 4.91. The van der Waals surface area contributed by atoms with Crippen LogP contribution in [-0.4, -0.2) is 51.1 Å². The second-order valence-corrected chi connectivity index (χ2v) is 7.32. The van der Waals surface area contributed by atoms with Gasteiger partial charge in [-0.2, -0.15) is 0 Å².